The van der Waals surface area contributed by atoms with Crippen LogP contribution < -0.4 is 5.32 Å². The lowest BCUT2D eigenvalue weighted by molar-refractivity contribution is 0.0103. The minimum absolute atomic E-state index is 0.327. The number of aryl methyl sites for hydroxylation is 1. The zero-order valence-corrected chi connectivity index (χ0v) is 20.1. The van der Waals surface area contributed by atoms with Crippen molar-refractivity contribution < 1.29 is 9.50 Å². The number of pyridine rings is 1. The van der Waals surface area contributed by atoms with Crippen molar-refractivity contribution in [2.24, 2.45) is 0 Å². The normalized spacial score (nSPS) is 20.0. The van der Waals surface area contributed by atoms with Crippen LogP contribution in [0.15, 0.2) is 42.7 Å². The quantitative estimate of drug-likeness (QED) is 0.451. The first-order chi connectivity index (χ1) is 16.9. The molecule has 6 rings (SSSR count). The van der Waals surface area contributed by atoms with Gasteiger partial charge in [-0.3, -0.25) is 4.57 Å². The van der Waals surface area contributed by atoms with E-state index in [2.05, 4.69) is 39.4 Å². The Labute approximate surface area is 203 Å². The molecule has 0 radical (unpaired) electrons. The van der Waals surface area contributed by atoms with E-state index < -0.39 is 11.4 Å². The third-order valence-corrected chi connectivity index (χ3v) is 7.44. The van der Waals surface area contributed by atoms with Crippen molar-refractivity contribution in [3.63, 3.8) is 0 Å². The Morgan fingerprint density at radius 1 is 1.11 bits per heavy atom. The molecule has 0 unspecified atom stereocenters. The molecule has 2 N–H and O–H groups in total. The number of benzene rings is 1. The van der Waals surface area contributed by atoms with Crippen LogP contribution in [0.4, 0.5) is 16.0 Å². The summed E-state index contributed by atoms with van der Waals surface area (Å²) in [4.78, 5) is 16.1. The molecule has 1 aromatic carbocycles. The first-order valence-electron chi connectivity index (χ1n) is 12.3. The molecule has 1 atom stereocenters. The number of halogens is 1. The number of rotatable bonds is 4. The van der Waals surface area contributed by atoms with E-state index in [1.807, 2.05) is 25.1 Å². The Kier molecular flexibility index (Phi) is 5.30. The molecule has 0 saturated heterocycles. The summed E-state index contributed by atoms with van der Waals surface area (Å²) in [6.07, 6.45) is 7.02. The van der Waals surface area contributed by atoms with Gasteiger partial charge in [-0.05, 0) is 74.0 Å². The van der Waals surface area contributed by atoms with Gasteiger partial charge in [0.05, 0.1) is 11.1 Å². The summed E-state index contributed by atoms with van der Waals surface area (Å²) in [5.74, 6) is 0.519. The van der Waals surface area contributed by atoms with Crippen LogP contribution in [0.25, 0.3) is 16.9 Å². The third kappa shape index (κ3) is 3.86. The van der Waals surface area contributed by atoms with E-state index in [1.165, 1.54) is 23.5 Å². The summed E-state index contributed by atoms with van der Waals surface area (Å²) in [6.45, 7) is 3.94. The number of anilines is 2. The van der Waals surface area contributed by atoms with Crippen molar-refractivity contribution in [2.45, 2.75) is 51.2 Å². The van der Waals surface area contributed by atoms with Crippen LogP contribution >= 0.6 is 0 Å². The van der Waals surface area contributed by atoms with Crippen molar-refractivity contribution in [3.8, 4) is 5.82 Å². The van der Waals surface area contributed by atoms with Crippen LogP contribution in [0.5, 0.6) is 0 Å². The monoisotopic (exact) mass is 472 g/mol. The lowest BCUT2D eigenvalue weighted by atomic mass is 9.81. The average molecular weight is 473 g/mol. The molecule has 0 spiro atoms. The lowest BCUT2D eigenvalue weighted by Gasteiger charge is -2.32. The fourth-order valence-electron chi connectivity index (χ4n) is 5.36. The number of nitrogens with one attached hydrogen (secondary N) is 1. The SMILES string of the molecule is CC[C@@]1(O)CCCc2ccc(-n3cc(F)c4cnc(Nc5ccc6c(c5)CN(C)CC6)nc43)nc21. The molecule has 8 heteroatoms. The van der Waals surface area contributed by atoms with Crippen LogP contribution in [0.3, 0.4) is 0 Å². The number of aliphatic hydroxyl groups is 1. The van der Waals surface area contributed by atoms with Gasteiger partial charge in [-0.15, -0.1) is 0 Å². The largest absolute Gasteiger partial charge is 0.384 e. The predicted octanol–water partition coefficient (Wildman–Crippen LogP) is 4.62. The molecule has 1 aliphatic heterocycles. The van der Waals surface area contributed by atoms with Gasteiger partial charge in [-0.1, -0.05) is 19.1 Å². The maximum atomic E-state index is 14.8. The Morgan fingerprint density at radius 3 is 2.83 bits per heavy atom. The lowest BCUT2D eigenvalue weighted by Crippen LogP contribution is -2.31. The van der Waals surface area contributed by atoms with Crippen molar-refractivity contribution in [1.82, 2.24) is 24.4 Å². The summed E-state index contributed by atoms with van der Waals surface area (Å²) in [5, 5.41) is 14.8. The summed E-state index contributed by atoms with van der Waals surface area (Å²) < 4.78 is 16.5. The summed E-state index contributed by atoms with van der Waals surface area (Å²) in [6, 6.07) is 10.2. The van der Waals surface area contributed by atoms with Gasteiger partial charge in [0, 0.05) is 31.2 Å². The molecule has 7 nitrogen and oxygen atoms in total. The Morgan fingerprint density at radius 2 is 1.97 bits per heavy atom. The van der Waals surface area contributed by atoms with Gasteiger partial charge in [-0.25, -0.2) is 14.4 Å². The molecular weight excluding hydrogens is 443 g/mol. The topological polar surface area (TPSA) is 79.1 Å². The number of nitrogens with zero attached hydrogens (tertiary/aromatic N) is 5. The molecule has 0 saturated carbocycles. The predicted molar refractivity (Wildman–Crippen MR) is 134 cm³/mol. The molecule has 35 heavy (non-hydrogen) atoms. The highest BCUT2D eigenvalue weighted by atomic mass is 19.1. The van der Waals surface area contributed by atoms with Crippen molar-refractivity contribution in [3.05, 3.63) is 70.9 Å². The van der Waals surface area contributed by atoms with E-state index in [0.717, 1.165) is 43.6 Å². The number of fused-ring (bicyclic) bond motifs is 3. The molecule has 0 bridgehead atoms. The maximum Gasteiger partial charge on any atom is 0.229 e. The second kappa shape index (κ2) is 8.39. The Bertz CT molecular complexity index is 1430. The van der Waals surface area contributed by atoms with Gasteiger partial charge in [0.15, 0.2) is 11.5 Å². The second-order valence-corrected chi connectivity index (χ2v) is 9.79. The van der Waals surface area contributed by atoms with E-state index in [0.29, 0.717) is 41.3 Å². The fourth-order valence-corrected chi connectivity index (χ4v) is 5.36. The third-order valence-electron chi connectivity index (χ3n) is 7.44. The Balaban J connectivity index is 1.38. The van der Waals surface area contributed by atoms with Gasteiger partial charge in [0.2, 0.25) is 5.95 Å². The summed E-state index contributed by atoms with van der Waals surface area (Å²) in [7, 11) is 2.12. The molecule has 180 valence electrons. The van der Waals surface area contributed by atoms with E-state index in [9.17, 15) is 9.50 Å². The number of likely N-dealkylation sites (N-methyl/N-ethyl adjacent to an activating group) is 1. The highest BCUT2D eigenvalue weighted by molar-refractivity contribution is 5.79. The van der Waals surface area contributed by atoms with E-state index in [-0.39, 0.29) is 0 Å². The molecule has 0 fully saturated rings. The summed E-state index contributed by atoms with van der Waals surface area (Å²) >= 11 is 0. The number of hydrogen-bond acceptors (Lipinski definition) is 6. The minimum Gasteiger partial charge on any atom is -0.384 e. The highest BCUT2D eigenvalue weighted by Crippen LogP contribution is 2.37. The van der Waals surface area contributed by atoms with Crippen LogP contribution in [0, 0.1) is 5.82 Å². The maximum absolute atomic E-state index is 14.8. The van der Waals surface area contributed by atoms with Crippen LogP contribution in [-0.4, -0.2) is 43.1 Å². The second-order valence-electron chi connectivity index (χ2n) is 9.79. The van der Waals surface area contributed by atoms with Crippen molar-refractivity contribution >= 4 is 22.7 Å². The van der Waals surface area contributed by atoms with Crippen LogP contribution in [-0.2, 0) is 25.0 Å². The number of hydrogen-bond donors (Lipinski definition) is 2. The van der Waals surface area contributed by atoms with Crippen molar-refractivity contribution in [1.29, 1.82) is 0 Å². The van der Waals surface area contributed by atoms with E-state index in [4.69, 9.17) is 4.98 Å². The van der Waals surface area contributed by atoms with Gasteiger partial charge in [0.1, 0.15) is 11.4 Å². The summed E-state index contributed by atoms with van der Waals surface area (Å²) in [5.41, 5.74) is 4.78. The minimum atomic E-state index is -0.951. The molecule has 4 heterocycles. The standard InChI is InChI=1S/C27H29FN6O/c1-3-27(35)11-4-5-18-7-9-23(31-24(18)27)34-16-22(28)21-14-29-26(32-25(21)34)30-20-8-6-17-10-12-33(2)15-19(17)13-20/h6-9,13-14,16,35H,3-5,10-12,15H2,1-2H3,(H,29,30,32)/t27-/m1/s1. The zero-order chi connectivity index (χ0) is 24.2. The van der Waals surface area contributed by atoms with Crippen LogP contribution in [0.1, 0.15) is 48.6 Å². The van der Waals surface area contributed by atoms with E-state index >= 15 is 0 Å². The smallest absolute Gasteiger partial charge is 0.229 e. The molecule has 3 aromatic heterocycles. The number of aromatic nitrogens is 4. The average Bonchev–Trinajstić information content (AvgIpc) is 3.19. The molecular formula is C27H29FN6O. The van der Waals surface area contributed by atoms with Gasteiger partial charge >= 0.3 is 0 Å². The highest BCUT2D eigenvalue weighted by Gasteiger charge is 2.34. The van der Waals surface area contributed by atoms with E-state index in [1.54, 1.807) is 4.57 Å². The van der Waals surface area contributed by atoms with Gasteiger partial charge in [0.25, 0.3) is 0 Å². The molecule has 2 aliphatic rings. The molecule has 0 amide bonds. The van der Waals surface area contributed by atoms with Gasteiger partial charge < -0.3 is 15.3 Å². The zero-order valence-electron chi connectivity index (χ0n) is 20.1. The molecule has 1 aliphatic carbocycles. The van der Waals surface area contributed by atoms with Crippen molar-refractivity contribution in [2.75, 3.05) is 18.9 Å². The first kappa shape index (κ1) is 22.1. The van der Waals surface area contributed by atoms with Crippen LogP contribution in [0.2, 0.25) is 0 Å². The fraction of sp³-hybridized carbons (Fsp3) is 0.370. The molecule has 4 aromatic rings. The van der Waals surface area contributed by atoms with Gasteiger partial charge in [-0.2, -0.15) is 4.98 Å². The Hall–Kier alpha value is -3.36. The first-order valence-corrected chi connectivity index (χ1v) is 12.3.